The first-order chi connectivity index (χ1) is 9.29. The molecule has 0 spiro atoms. The molecule has 0 aliphatic heterocycles. The third-order valence-electron chi connectivity index (χ3n) is 3.26. The second-order valence-corrected chi connectivity index (χ2v) is 5.81. The van der Waals surface area contributed by atoms with Crippen molar-refractivity contribution >= 4 is 21.8 Å². The molecule has 7 heteroatoms. The highest BCUT2D eigenvalue weighted by Crippen LogP contribution is 2.34. The Hall–Kier alpha value is -1.08. The Balaban J connectivity index is 2.12. The van der Waals surface area contributed by atoms with Crippen molar-refractivity contribution in [2.75, 3.05) is 6.54 Å². The number of hydrogen-bond donors (Lipinski definition) is 2. The van der Waals surface area contributed by atoms with Crippen LogP contribution in [0.1, 0.15) is 28.8 Å². The number of amides is 1. The van der Waals surface area contributed by atoms with Crippen LogP contribution in [0.3, 0.4) is 0 Å². The van der Waals surface area contributed by atoms with Crippen LogP contribution in [0.15, 0.2) is 22.7 Å². The number of rotatable bonds is 4. The van der Waals surface area contributed by atoms with E-state index in [1.54, 1.807) is 0 Å². The molecule has 1 aromatic carbocycles. The lowest BCUT2D eigenvalue weighted by atomic mass is 10.1. The van der Waals surface area contributed by atoms with E-state index in [0.29, 0.717) is 5.92 Å². The third-order valence-corrected chi connectivity index (χ3v) is 3.75. The second kappa shape index (κ2) is 5.73. The minimum atomic E-state index is -4.57. The third kappa shape index (κ3) is 3.73. The van der Waals surface area contributed by atoms with Crippen molar-refractivity contribution in [2.24, 2.45) is 11.7 Å². The van der Waals surface area contributed by atoms with Crippen LogP contribution in [0.4, 0.5) is 13.2 Å². The topological polar surface area (TPSA) is 55.1 Å². The molecule has 1 atom stereocenters. The van der Waals surface area contributed by atoms with Crippen molar-refractivity contribution in [3.63, 3.8) is 0 Å². The highest BCUT2D eigenvalue weighted by molar-refractivity contribution is 9.10. The molecule has 1 aliphatic carbocycles. The summed E-state index contributed by atoms with van der Waals surface area (Å²) in [6, 6.07) is 3.27. The van der Waals surface area contributed by atoms with Gasteiger partial charge in [0, 0.05) is 17.1 Å². The van der Waals surface area contributed by atoms with E-state index in [1.165, 1.54) is 6.07 Å². The smallest absolute Gasteiger partial charge is 0.350 e. The SMILES string of the molecule is NC(CNC(=O)c1ccc(Br)cc1C(F)(F)F)C1CC1. The molecule has 0 bridgehead atoms. The van der Waals surface area contributed by atoms with Gasteiger partial charge in [0.15, 0.2) is 0 Å². The molecule has 110 valence electrons. The Morgan fingerprint density at radius 2 is 2.10 bits per heavy atom. The van der Waals surface area contributed by atoms with Crippen molar-refractivity contribution < 1.29 is 18.0 Å². The van der Waals surface area contributed by atoms with Crippen LogP contribution in [-0.2, 0) is 6.18 Å². The van der Waals surface area contributed by atoms with E-state index in [-0.39, 0.29) is 22.6 Å². The molecule has 1 fully saturated rings. The van der Waals surface area contributed by atoms with Crippen molar-refractivity contribution in [1.82, 2.24) is 5.32 Å². The van der Waals surface area contributed by atoms with Gasteiger partial charge in [0.1, 0.15) is 0 Å². The maximum atomic E-state index is 12.9. The van der Waals surface area contributed by atoms with E-state index in [9.17, 15) is 18.0 Å². The van der Waals surface area contributed by atoms with Gasteiger partial charge >= 0.3 is 6.18 Å². The molecule has 1 aromatic rings. The summed E-state index contributed by atoms with van der Waals surface area (Å²) in [5.74, 6) is -0.372. The Kier molecular flexibility index (Phi) is 4.39. The van der Waals surface area contributed by atoms with E-state index < -0.39 is 17.6 Å². The Morgan fingerprint density at radius 1 is 1.45 bits per heavy atom. The van der Waals surface area contributed by atoms with E-state index >= 15 is 0 Å². The molecule has 1 amide bonds. The lowest BCUT2D eigenvalue weighted by Crippen LogP contribution is -2.39. The summed E-state index contributed by atoms with van der Waals surface area (Å²) in [5.41, 5.74) is 4.47. The van der Waals surface area contributed by atoms with Gasteiger partial charge < -0.3 is 11.1 Å². The zero-order valence-electron chi connectivity index (χ0n) is 10.5. The molecule has 0 aromatic heterocycles. The van der Waals surface area contributed by atoms with E-state index in [1.807, 2.05) is 0 Å². The molecule has 20 heavy (non-hydrogen) atoms. The van der Waals surface area contributed by atoms with Crippen molar-refractivity contribution in [3.05, 3.63) is 33.8 Å². The van der Waals surface area contributed by atoms with E-state index in [2.05, 4.69) is 21.2 Å². The lowest BCUT2D eigenvalue weighted by Gasteiger charge is -2.15. The van der Waals surface area contributed by atoms with Gasteiger partial charge in [0.05, 0.1) is 11.1 Å². The van der Waals surface area contributed by atoms with Gasteiger partial charge in [0.25, 0.3) is 5.91 Å². The Morgan fingerprint density at radius 3 is 2.65 bits per heavy atom. The standard InChI is InChI=1S/C13H14BrF3N2O/c14-8-3-4-9(10(5-8)13(15,16)17)12(20)19-6-11(18)7-1-2-7/h3-5,7,11H,1-2,6,18H2,(H,19,20). The molecule has 1 unspecified atom stereocenters. The number of carbonyl (C=O) groups is 1. The molecule has 1 saturated carbocycles. The van der Waals surface area contributed by atoms with Crippen LogP contribution in [0.25, 0.3) is 0 Å². The van der Waals surface area contributed by atoms with Crippen molar-refractivity contribution in [3.8, 4) is 0 Å². The molecule has 0 radical (unpaired) electrons. The molecular weight excluding hydrogens is 337 g/mol. The van der Waals surface area contributed by atoms with Crippen molar-refractivity contribution in [1.29, 1.82) is 0 Å². The fourth-order valence-electron chi connectivity index (χ4n) is 1.95. The molecule has 0 saturated heterocycles. The van der Waals surface area contributed by atoms with E-state index in [4.69, 9.17) is 5.73 Å². The van der Waals surface area contributed by atoms with Gasteiger partial charge in [-0.3, -0.25) is 4.79 Å². The van der Waals surface area contributed by atoms with E-state index in [0.717, 1.165) is 25.0 Å². The quantitative estimate of drug-likeness (QED) is 0.877. The summed E-state index contributed by atoms with van der Waals surface area (Å²) in [6.45, 7) is 0.191. The average Bonchev–Trinajstić information content (AvgIpc) is 3.18. The number of benzene rings is 1. The summed E-state index contributed by atoms with van der Waals surface area (Å²) in [7, 11) is 0. The first-order valence-corrected chi connectivity index (χ1v) is 6.99. The number of carbonyl (C=O) groups excluding carboxylic acids is 1. The predicted molar refractivity (Wildman–Crippen MR) is 72.2 cm³/mol. The van der Waals surface area contributed by atoms with Crippen LogP contribution >= 0.6 is 15.9 Å². The van der Waals surface area contributed by atoms with Crippen LogP contribution in [0.2, 0.25) is 0 Å². The molecule has 3 N–H and O–H groups in total. The summed E-state index contributed by atoms with van der Waals surface area (Å²) in [5, 5.41) is 2.47. The molecule has 0 heterocycles. The highest BCUT2D eigenvalue weighted by atomic mass is 79.9. The zero-order chi connectivity index (χ0) is 14.9. The van der Waals surface area contributed by atoms with Crippen LogP contribution in [-0.4, -0.2) is 18.5 Å². The number of hydrogen-bond acceptors (Lipinski definition) is 2. The zero-order valence-corrected chi connectivity index (χ0v) is 12.1. The fourth-order valence-corrected chi connectivity index (χ4v) is 2.31. The first-order valence-electron chi connectivity index (χ1n) is 6.19. The van der Waals surface area contributed by atoms with Gasteiger partial charge in [-0.1, -0.05) is 15.9 Å². The number of halogens is 4. The summed E-state index contributed by atoms with van der Waals surface area (Å²) < 4.78 is 39.0. The lowest BCUT2D eigenvalue weighted by molar-refractivity contribution is -0.138. The van der Waals surface area contributed by atoms with Gasteiger partial charge in [0.2, 0.25) is 0 Å². The van der Waals surface area contributed by atoms with Gasteiger partial charge in [-0.2, -0.15) is 13.2 Å². The number of nitrogens with one attached hydrogen (secondary N) is 1. The maximum Gasteiger partial charge on any atom is 0.417 e. The Bertz CT molecular complexity index is 515. The highest BCUT2D eigenvalue weighted by Gasteiger charge is 2.35. The van der Waals surface area contributed by atoms with Crippen molar-refractivity contribution in [2.45, 2.75) is 25.1 Å². The first kappa shape index (κ1) is 15.3. The Labute approximate surface area is 122 Å². The summed E-state index contributed by atoms with van der Waals surface area (Å²) in [4.78, 5) is 11.9. The summed E-state index contributed by atoms with van der Waals surface area (Å²) in [6.07, 6.45) is -2.54. The number of alkyl halides is 3. The predicted octanol–water partition coefficient (Wildman–Crippen LogP) is 2.94. The second-order valence-electron chi connectivity index (χ2n) is 4.90. The maximum absolute atomic E-state index is 12.9. The molecular formula is C13H14BrF3N2O. The van der Waals surface area contributed by atoms with Gasteiger partial charge in [-0.05, 0) is 37.0 Å². The molecule has 3 nitrogen and oxygen atoms in total. The normalized spacial score (nSPS) is 16.9. The minimum Gasteiger partial charge on any atom is -0.350 e. The van der Waals surface area contributed by atoms with Crippen LogP contribution < -0.4 is 11.1 Å². The van der Waals surface area contributed by atoms with Crippen LogP contribution in [0, 0.1) is 5.92 Å². The minimum absolute atomic E-state index is 0.191. The molecule has 2 rings (SSSR count). The number of nitrogens with two attached hydrogens (primary N) is 1. The van der Waals surface area contributed by atoms with Gasteiger partial charge in [-0.25, -0.2) is 0 Å². The fraction of sp³-hybridized carbons (Fsp3) is 0.462. The van der Waals surface area contributed by atoms with Gasteiger partial charge in [-0.15, -0.1) is 0 Å². The summed E-state index contributed by atoms with van der Waals surface area (Å²) >= 11 is 2.98. The van der Waals surface area contributed by atoms with Crippen LogP contribution in [0.5, 0.6) is 0 Å². The largest absolute Gasteiger partial charge is 0.417 e. The average molecular weight is 351 g/mol. The molecule has 1 aliphatic rings. The monoisotopic (exact) mass is 350 g/mol.